The summed E-state index contributed by atoms with van der Waals surface area (Å²) in [5.74, 6) is 1.24. The molecular formula is C22H17ClN2O4. The fraction of sp³-hybridized carbons (Fsp3) is 0.0909. The van der Waals surface area contributed by atoms with Gasteiger partial charge in [0.2, 0.25) is 5.89 Å². The largest absolute Gasteiger partial charge is 0.497 e. The van der Waals surface area contributed by atoms with Gasteiger partial charge in [0.25, 0.3) is 5.91 Å². The highest BCUT2D eigenvalue weighted by Crippen LogP contribution is 2.28. The first-order chi connectivity index (χ1) is 14.1. The van der Waals surface area contributed by atoms with Crippen molar-refractivity contribution in [2.45, 2.75) is 0 Å². The van der Waals surface area contributed by atoms with Crippen LogP contribution in [0.2, 0.25) is 5.02 Å². The van der Waals surface area contributed by atoms with Gasteiger partial charge >= 0.3 is 0 Å². The molecule has 0 spiro atoms. The summed E-state index contributed by atoms with van der Waals surface area (Å²) in [5, 5.41) is 3.46. The normalized spacial score (nSPS) is 10.7. The van der Waals surface area contributed by atoms with Crippen LogP contribution in [-0.4, -0.2) is 25.1 Å². The van der Waals surface area contributed by atoms with Crippen LogP contribution >= 0.6 is 11.6 Å². The van der Waals surface area contributed by atoms with Crippen LogP contribution in [0.4, 0.5) is 5.69 Å². The van der Waals surface area contributed by atoms with E-state index in [0.717, 1.165) is 5.56 Å². The molecule has 1 aromatic heterocycles. The lowest BCUT2D eigenvalue weighted by molar-refractivity contribution is 0.102. The Morgan fingerprint density at radius 3 is 2.45 bits per heavy atom. The summed E-state index contributed by atoms with van der Waals surface area (Å²) in [6.07, 6.45) is 0. The Labute approximate surface area is 172 Å². The molecule has 4 aromatic rings. The van der Waals surface area contributed by atoms with Crippen molar-refractivity contribution in [3.63, 3.8) is 0 Å². The maximum atomic E-state index is 12.7. The Hall–Kier alpha value is -3.51. The Morgan fingerprint density at radius 1 is 1.00 bits per heavy atom. The smallest absolute Gasteiger partial charge is 0.255 e. The number of nitrogens with zero attached hydrogens (tertiary/aromatic N) is 1. The molecule has 7 heteroatoms. The van der Waals surface area contributed by atoms with Crippen molar-refractivity contribution in [3.8, 4) is 23.0 Å². The van der Waals surface area contributed by atoms with Crippen molar-refractivity contribution in [2.75, 3.05) is 19.5 Å². The van der Waals surface area contributed by atoms with E-state index in [2.05, 4.69) is 10.3 Å². The molecule has 0 fully saturated rings. The number of methoxy groups -OCH3 is 2. The summed E-state index contributed by atoms with van der Waals surface area (Å²) >= 11 is 6.04. The number of fused-ring (bicyclic) bond motifs is 1. The average Bonchev–Trinajstić information content (AvgIpc) is 3.16. The average molecular weight is 409 g/mol. The van der Waals surface area contributed by atoms with Crippen molar-refractivity contribution in [1.82, 2.24) is 4.98 Å². The van der Waals surface area contributed by atoms with Crippen molar-refractivity contribution < 1.29 is 18.7 Å². The molecule has 1 heterocycles. The molecule has 0 radical (unpaired) electrons. The SMILES string of the molecule is COc1cc(OC)cc(C(=O)Nc2ccc3oc(-c4cccc(Cl)c4)nc3c2)c1. The molecule has 0 aliphatic carbocycles. The molecule has 1 amide bonds. The monoisotopic (exact) mass is 408 g/mol. The summed E-state index contributed by atoms with van der Waals surface area (Å²) in [4.78, 5) is 17.2. The number of carbonyl (C=O) groups is 1. The molecule has 0 bridgehead atoms. The van der Waals surface area contributed by atoms with Crippen molar-refractivity contribution >= 4 is 34.3 Å². The van der Waals surface area contributed by atoms with Gasteiger partial charge in [-0.25, -0.2) is 4.98 Å². The standard InChI is InChI=1S/C22H17ClN2O4/c1-27-17-9-14(10-18(12-17)28-2)21(26)24-16-6-7-20-19(11-16)25-22(29-20)13-4-3-5-15(23)8-13/h3-12H,1-2H3,(H,24,26). The molecule has 0 unspecified atom stereocenters. The molecule has 3 aromatic carbocycles. The van der Waals surface area contributed by atoms with E-state index in [4.69, 9.17) is 25.5 Å². The summed E-state index contributed by atoms with van der Waals surface area (Å²) in [6, 6.07) is 17.5. The quantitative estimate of drug-likeness (QED) is 0.477. The van der Waals surface area contributed by atoms with Crippen LogP contribution in [0.3, 0.4) is 0 Å². The number of amides is 1. The third kappa shape index (κ3) is 4.02. The molecule has 6 nitrogen and oxygen atoms in total. The lowest BCUT2D eigenvalue weighted by Gasteiger charge is -2.09. The molecule has 29 heavy (non-hydrogen) atoms. The first-order valence-corrected chi connectivity index (χ1v) is 9.14. The molecule has 0 saturated carbocycles. The summed E-state index contributed by atoms with van der Waals surface area (Å²) in [6.45, 7) is 0. The lowest BCUT2D eigenvalue weighted by Crippen LogP contribution is -2.12. The van der Waals surface area contributed by atoms with Gasteiger partial charge < -0.3 is 19.2 Å². The van der Waals surface area contributed by atoms with Crippen LogP contribution in [0.25, 0.3) is 22.6 Å². The first-order valence-electron chi connectivity index (χ1n) is 8.76. The molecule has 4 rings (SSSR count). The van der Waals surface area contributed by atoms with E-state index in [-0.39, 0.29) is 5.91 Å². The number of hydrogen-bond donors (Lipinski definition) is 1. The molecule has 146 valence electrons. The fourth-order valence-corrected chi connectivity index (χ4v) is 3.08. The van der Waals surface area contributed by atoms with Crippen LogP contribution in [0.15, 0.2) is 65.1 Å². The van der Waals surface area contributed by atoms with Gasteiger partial charge in [0.1, 0.15) is 17.0 Å². The Balaban J connectivity index is 1.61. The first kappa shape index (κ1) is 18.8. The number of ether oxygens (including phenoxy) is 2. The molecular weight excluding hydrogens is 392 g/mol. The number of aromatic nitrogens is 1. The molecule has 0 saturated heterocycles. The van der Waals surface area contributed by atoms with Crippen molar-refractivity contribution in [3.05, 3.63) is 71.2 Å². The predicted molar refractivity (Wildman–Crippen MR) is 112 cm³/mol. The third-order valence-electron chi connectivity index (χ3n) is 4.33. The Bertz CT molecular complexity index is 1180. The van der Waals surface area contributed by atoms with Gasteiger partial charge in [-0.2, -0.15) is 0 Å². The van der Waals surface area contributed by atoms with Gasteiger partial charge in [-0.15, -0.1) is 0 Å². The number of rotatable bonds is 5. The molecule has 0 aliphatic rings. The Kier molecular flexibility index (Phi) is 5.10. The highest BCUT2D eigenvalue weighted by molar-refractivity contribution is 6.30. The number of hydrogen-bond acceptors (Lipinski definition) is 5. The van der Waals surface area contributed by atoms with Crippen molar-refractivity contribution in [2.24, 2.45) is 0 Å². The summed E-state index contributed by atoms with van der Waals surface area (Å²) in [5.41, 5.74) is 3.03. The van der Waals surface area contributed by atoms with E-state index >= 15 is 0 Å². The number of halogens is 1. The summed E-state index contributed by atoms with van der Waals surface area (Å²) < 4.78 is 16.2. The fourth-order valence-electron chi connectivity index (χ4n) is 2.89. The van der Waals surface area contributed by atoms with Gasteiger partial charge in [0.15, 0.2) is 5.58 Å². The number of anilines is 1. The van der Waals surface area contributed by atoms with Crippen molar-refractivity contribution in [1.29, 1.82) is 0 Å². The zero-order valence-corrected chi connectivity index (χ0v) is 16.5. The van der Waals surface area contributed by atoms with Gasteiger partial charge in [-0.3, -0.25) is 4.79 Å². The molecule has 0 atom stereocenters. The van der Waals surface area contributed by atoms with Gasteiger partial charge in [-0.05, 0) is 48.5 Å². The summed E-state index contributed by atoms with van der Waals surface area (Å²) in [7, 11) is 3.07. The van der Waals surface area contributed by atoms with Gasteiger partial charge in [0, 0.05) is 27.9 Å². The number of carbonyl (C=O) groups excluding carboxylic acids is 1. The van der Waals surface area contributed by atoms with E-state index in [1.54, 1.807) is 48.5 Å². The minimum Gasteiger partial charge on any atom is -0.497 e. The van der Waals surface area contributed by atoms with Crippen LogP contribution in [0, 0.1) is 0 Å². The second-order valence-corrected chi connectivity index (χ2v) is 6.70. The predicted octanol–water partition coefficient (Wildman–Crippen LogP) is 5.42. The number of oxazole rings is 1. The zero-order chi connectivity index (χ0) is 20.4. The minimum atomic E-state index is -0.292. The van der Waals surface area contributed by atoms with E-state index in [0.29, 0.717) is 44.8 Å². The Morgan fingerprint density at radius 2 is 1.76 bits per heavy atom. The molecule has 0 aliphatic heterocycles. The third-order valence-corrected chi connectivity index (χ3v) is 4.57. The number of benzene rings is 3. The van der Waals surface area contributed by atoms with Gasteiger partial charge in [-0.1, -0.05) is 17.7 Å². The topological polar surface area (TPSA) is 73.6 Å². The van der Waals surface area contributed by atoms with Crippen LogP contribution < -0.4 is 14.8 Å². The molecule has 1 N–H and O–H groups in total. The number of nitrogens with one attached hydrogen (secondary N) is 1. The highest BCUT2D eigenvalue weighted by Gasteiger charge is 2.13. The van der Waals surface area contributed by atoms with Crippen LogP contribution in [-0.2, 0) is 0 Å². The lowest BCUT2D eigenvalue weighted by atomic mass is 10.1. The van der Waals surface area contributed by atoms with E-state index in [1.165, 1.54) is 14.2 Å². The highest BCUT2D eigenvalue weighted by atomic mass is 35.5. The minimum absolute atomic E-state index is 0.292. The van der Waals surface area contributed by atoms with Gasteiger partial charge in [0.05, 0.1) is 14.2 Å². The zero-order valence-electron chi connectivity index (χ0n) is 15.7. The van der Waals surface area contributed by atoms with E-state index in [9.17, 15) is 4.79 Å². The maximum Gasteiger partial charge on any atom is 0.255 e. The maximum absolute atomic E-state index is 12.7. The van der Waals surface area contributed by atoms with E-state index < -0.39 is 0 Å². The van der Waals surface area contributed by atoms with Crippen LogP contribution in [0.1, 0.15) is 10.4 Å². The second-order valence-electron chi connectivity index (χ2n) is 6.27. The van der Waals surface area contributed by atoms with E-state index in [1.807, 2.05) is 12.1 Å². The van der Waals surface area contributed by atoms with Crippen LogP contribution in [0.5, 0.6) is 11.5 Å². The second kappa shape index (κ2) is 7.85.